The second kappa shape index (κ2) is 7.03. The minimum Gasteiger partial charge on any atom is -0.505 e. The van der Waals surface area contributed by atoms with Gasteiger partial charge in [0, 0.05) is 6.54 Å². The number of aromatic hydroxyl groups is 1. The Balaban J connectivity index is 0.00000225. The summed E-state index contributed by atoms with van der Waals surface area (Å²) in [6, 6.07) is 4.00. The number of nitrogens with one attached hydrogen (secondary N) is 2. The molecule has 1 amide bonds. The van der Waals surface area contributed by atoms with E-state index >= 15 is 0 Å². The summed E-state index contributed by atoms with van der Waals surface area (Å²) in [5.74, 6) is -1.23. The highest BCUT2D eigenvalue weighted by Gasteiger charge is 2.03. The fraction of sp³-hybridized carbons (Fsp3) is 0.300. The van der Waals surface area contributed by atoms with Gasteiger partial charge in [-0.05, 0) is 24.7 Å². The summed E-state index contributed by atoms with van der Waals surface area (Å²) in [5.41, 5.74) is 0.606. The van der Waals surface area contributed by atoms with Crippen molar-refractivity contribution in [1.29, 1.82) is 0 Å². The molecule has 0 aliphatic carbocycles. The van der Waals surface area contributed by atoms with Gasteiger partial charge in [0.1, 0.15) is 0 Å². The molecule has 1 aromatic carbocycles. The van der Waals surface area contributed by atoms with Crippen LogP contribution >= 0.6 is 12.4 Å². The number of benzene rings is 1. The SMILES string of the molecule is CNCC(=O)NCc1ccc(O)c(F)c1.Cl. The molecular formula is C10H14ClFN2O2. The van der Waals surface area contributed by atoms with Crippen molar-refractivity contribution < 1.29 is 14.3 Å². The molecule has 4 nitrogen and oxygen atoms in total. The van der Waals surface area contributed by atoms with E-state index in [-0.39, 0.29) is 37.2 Å². The monoisotopic (exact) mass is 248 g/mol. The van der Waals surface area contributed by atoms with E-state index in [4.69, 9.17) is 5.11 Å². The van der Waals surface area contributed by atoms with Gasteiger partial charge in [-0.2, -0.15) is 0 Å². The van der Waals surface area contributed by atoms with E-state index in [1.165, 1.54) is 12.1 Å². The molecule has 0 radical (unpaired) electrons. The maximum absolute atomic E-state index is 12.9. The van der Waals surface area contributed by atoms with Gasteiger partial charge in [0.15, 0.2) is 11.6 Å². The molecule has 0 aliphatic heterocycles. The second-order valence-electron chi connectivity index (χ2n) is 3.09. The molecule has 0 fully saturated rings. The largest absolute Gasteiger partial charge is 0.505 e. The fourth-order valence-electron chi connectivity index (χ4n) is 1.08. The number of halogens is 2. The van der Waals surface area contributed by atoms with Crippen LogP contribution in [0.4, 0.5) is 4.39 Å². The van der Waals surface area contributed by atoms with E-state index in [1.54, 1.807) is 13.1 Å². The highest BCUT2D eigenvalue weighted by atomic mass is 35.5. The van der Waals surface area contributed by atoms with E-state index in [9.17, 15) is 9.18 Å². The van der Waals surface area contributed by atoms with Crippen molar-refractivity contribution in [3.8, 4) is 5.75 Å². The van der Waals surface area contributed by atoms with Crippen LogP contribution in [-0.4, -0.2) is 24.6 Å². The second-order valence-corrected chi connectivity index (χ2v) is 3.09. The van der Waals surface area contributed by atoms with Gasteiger partial charge in [0.05, 0.1) is 6.54 Å². The van der Waals surface area contributed by atoms with Crippen LogP contribution in [0, 0.1) is 5.82 Å². The van der Waals surface area contributed by atoms with Crippen molar-refractivity contribution in [2.24, 2.45) is 0 Å². The molecule has 0 heterocycles. The van der Waals surface area contributed by atoms with E-state index in [0.717, 1.165) is 0 Å². The number of rotatable bonds is 4. The van der Waals surface area contributed by atoms with E-state index in [0.29, 0.717) is 5.56 Å². The summed E-state index contributed by atoms with van der Waals surface area (Å²) in [7, 11) is 1.67. The highest BCUT2D eigenvalue weighted by molar-refractivity contribution is 5.85. The third-order valence-electron chi connectivity index (χ3n) is 1.84. The molecule has 0 bridgehead atoms. The first-order chi connectivity index (χ1) is 7.13. The summed E-state index contributed by atoms with van der Waals surface area (Å²) in [6.07, 6.45) is 0. The molecule has 90 valence electrons. The number of phenols is 1. The topological polar surface area (TPSA) is 61.4 Å². The molecule has 16 heavy (non-hydrogen) atoms. The van der Waals surface area contributed by atoms with Gasteiger partial charge in [0.2, 0.25) is 5.91 Å². The molecule has 1 aromatic rings. The predicted molar refractivity (Wildman–Crippen MR) is 61.1 cm³/mol. The number of hydrogen-bond acceptors (Lipinski definition) is 3. The van der Waals surface area contributed by atoms with Crippen molar-refractivity contribution in [1.82, 2.24) is 10.6 Å². The summed E-state index contributed by atoms with van der Waals surface area (Å²) in [4.78, 5) is 11.1. The number of likely N-dealkylation sites (N-methyl/N-ethyl adjacent to an activating group) is 1. The van der Waals surface area contributed by atoms with Crippen molar-refractivity contribution in [3.63, 3.8) is 0 Å². The van der Waals surface area contributed by atoms with Gasteiger partial charge in [-0.25, -0.2) is 4.39 Å². The lowest BCUT2D eigenvalue weighted by atomic mass is 10.2. The Kier molecular flexibility index (Phi) is 6.44. The molecule has 1 rings (SSSR count). The van der Waals surface area contributed by atoms with Gasteiger partial charge in [-0.3, -0.25) is 4.79 Å². The Bertz CT molecular complexity index is 361. The number of hydrogen-bond donors (Lipinski definition) is 3. The maximum atomic E-state index is 12.9. The Morgan fingerprint density at radius 3 is 2.75 bits per heavy atom. The van der Waals surface area contributed by atoms with Crippen LogP contribution in [0.25, 0.3) is 0 Å². The maximum Gasteiger partial charge on any atom is 0.234 e. The Morgan fingerprint density at radius 2 is 2.19 bits per heavy atom. The average Bonchev–Trinajstić information content (AvgIpc) is 2.20. The number of amides is 1. The van der Waals surface area contributed by atoms with Crippen LogP contribution in [-0.2, 0) is 11.3 Å². The Hall–Kier alpha value is -1.33. The van der Waals surface area contributed by atoms with Crippen LogP contribution in [0.5, 0.6) is 5.75 Å². The van der Waals surface area contributed by atoms with Crippen LogP contribution in [0.1, 0.15) is 5.56 Å². The van der Waals surface area contributed by atoms with Crippen molar-refractivity contribution in [3.05, 3.63) is 29.6 Å². The van der Waals surface area contributed by atoms with Gasteiger partial charge in [-0.1, -0.05) is 6.07 Å². The zero-order valence-corrected chi connectivity index (χ0v) is 9.60. The zero-order valence-electron chi connectivity index (χ0n) is 8.79. The average molecular weight is 249 g/mol. The Morgan fingerprint density at radius 1 is 1.50 bits per heavy atom. The summed E-state index contributed by atoms with van der Waals surface area (Å²) >= 11 is 0. The third kappa shape index (κ3) is 4.46. The van der Waals surface area contributed by atoms with Crippen LogP contribution in [0.2, 0.25) is 0 Å². The first-order valence-corrected chi connectivity index (χ1v) is 4.52. The van der Waals surface area contributed by atoms with Crippen molar-refractivity contribution in [2.75, 3.05) is 13.6 Å². The standard InChI is InChI=1S/C10H13FN2O2.ClH/c1-12-6-10(15)13-5-7-2-3-9(14)8(11)4-7;/h2-4,12,14H,5-6H2,1H3,(H,13,15);1H. The predicted octanol–water partition coefficient (Wildman–Crippen LogP) is 0.789. The van der Waals surface area contributed by atoms with E-state index in [1.807, 2.05) is 0 Å². The van der Waals surface area contributed by atoms with Gasteiger partial charge >= 0.3 is 0 Å². The number of carbonyl (C=O) groups excluding carboxylic acids is 1. The molecule has 0 unspecified atom stereocenters. The summed E-state index contributed by atoms with van der Waals surface area (Å²) < 4.78 is 12.9. The molecule has 6 heteroatoms. The van der Waals surface area contributed by atoms with E-state index < -0.39 is 5.82 Å². The van der Waals surface area contributed by atoms with Crippen molar-refractivity contribution in [2.45, 2.75) is 6.54 Å². The van der Waals surface area contributed by atoms with Gasteiger partial charge in [0.25, 0.3) is 0 Å². The molecule has 0 saturated carbocycles. The molecule has 0 saturated heterocycles. The lowest BCUT2D eigenvalue weighted by molar-refractivity contribution is -0.120. The lowest BCUT2D eigenvalue weighted by Gasteiger charge is -2.05. The summed E-state index contributed by atoms with van der Waals surface area (Å²) in [5, 5.41) is 14.2. The lowest BCUT2D eigenvalue weighted by Crippen LogP contribution is -2.31. The quantitative estimate of drug-likeness (QED) is 0.738. The molecule has 0 atom stereocenters. The summed E-state index contributed by atoms with van der Waals surface area (Å²) in [6.45, 7) is 0.471. The first kappa shape index (κ1) is 14.7. The van der Waals surface area contributed by atoms with Gasteiger partial charge < -0.3 is 15.7 Å². The number of carbonyl (C=O) groups is 1. The van der Waals surface area contributed by atoms with Crippen molar-refractivity contribution >= 4 is 18.3 Å². The smallest absolute Gasteiger partial charge is 0.234 e. The zero-order chi connectivity index (χ0) is 11.3. The van der Waals surface area contributed by atoms with Crippen LogP contribution in [0.3, 0.4) is 0 Å². The molecular weight excluding hydrogens is 235 g/mol. The van der Waals surface area contributed by atoms with E-state index in [2.05, 4.69) is 10.6 Å². The molecule has 0 aliphatic rings. The van der Waals surface area contributed by atoms with Gasteiger partial charge in [-0.15, -0.1) is 12.4 Å². The molecule has 0 spiro atoms. The highest BCUT2D eigenvalue weighted by Crippen LogP contribution is 2.15. The Labute approximate surface area is 99.3 Å². The minimum absolute atomic E-state index is 0. The molecule has 3 N–H and O–H groups in total. The molecule has 0 aromatic heterocycles. The third-order valence-corrected chi connectivity index (χ3v) is 1.84. The fourth-order valence-corrected chi connectivity index (χ4v) is 1.08. The first-order valence-electron chi connectivity index (χ1n) is 4.52. The van der Waals surface area contributed by atoms with Crippen LogP contribution < -0.4 is 10.6 Å². The normalized spacial score (nSPS) is 9.38. The number of phenolic OH excluding ortho intramolecular Hbond substituents is 1. The minimum atomic E-state index is -0.685. The van der Waals surface area contributed by atoms with Crippen LogP contribution in [0.15, 0.2) is 18.2 Å².